The lowest BCUT2D eigenvalue weighted by Crippen LogP contribution is -2.44. The molecular formula is C15H14Cl2N4O. The molecule has 1 aromatic heterocycles. The minimum Gasteiger partial charge on any atom is -0.338 e. The van der Waals surface area contributed by atoms with E-state index >= 15 is 0 Å². The molecule has 1 aliphatic rings. The van der Waals surface area contributed by atoms with Gasteiger partial charge < -0.3 is 11.1 Å². The molecule has 0 unspecified atom stereocenters. The Morgan fingerprint density at radius 3 is 2.59 bits per heavy atom. The van der Waals surface area contributed by atoms with E-state index in [4.69, 9.17) is 28.9 Å². The maximum absolute atomic E-state index is 12.1. The molecule has 1 heterocycles. The highest BCUT2D eigenvalue weighted by Gasteiger charge is 2.39. The van der Waals surface area contributed by atoms with Gasteiger partial charge in [0.25, 0.3) is 0 Å². The van der Waals surface area contributed by atoms with Gasteiger partial charge in [0.1, 0.15) is 0 Å². The Balaban J connectivity index is 1.89. The van der Waals surface area contributed by atoms with Crippen LogP contribution < -0.4 is 11.1 Å². The first-order valence-corrected chi connectivity index (χ1v) is 7.58. The molecule has 22 heavy (non-hydrogen) atoms. The summed E-state index contributed by atoms with van der Waals surface area (Å²) in [6, 6.07) is 5.15. The van der Waals surface area contributed by atoms with Crippen LogP contribution in [0.1, 0.15) is 18.4 Å². The van der Waals surface area contributed by atoms with E-state index in [1.54, 1.807) is 30.6 Å². The molecule has 1 fully saturated rings. The van der Waals surface area contributed by atoms with E-state index < -0.39 is 5.66 Å². The topological polar surface area (TPSA) is 80.9 Å². The van der Waals surface area contributed by atoms with Gasteiger partial charge in [0.05, 0.1) is 17.1 Å². The summed E-state index contributed by atoms with van der Waals surface area (Å²) in [6.07, 6.45) is 4.91. The van der Waals surface area contributed by atoms with Crippen molar-refractivity contribution in [2.45, 2.75) is 24.9 Å². The van der Waals surface area contributed by atoms with Crippen LogP contribution in [0.25, 0.3) is 11.4 Å². The number of amides is 1. The van der Waals surface area contributed by atoms with Gasteiger partial charge in [-0.25, -0.2) is 9.97 Å². The summed E-state index contributed by atoms with van der Waals surface area (Å²) < 4.78 is 0. The molecule has 3 rings (SSSR count). The van der Waals surface area contributed by atoms with Crippen LogP contribution in [0.2, 0.25) is 10.0 Å². The number of nitrogens with two attached hydrogens (primary N) is 1. The number of nitrogens with one attached hydrogen (secondary N) is 1. The third-order valence-corrected chi connectivity index (χ3v) is 4.29. The number of halogens is 2. The number of nitrogens with zero attached hydrogens (tertiary/aromatic N) is 2. The molecule has 1 saturated carbocycles. The zero-order valence-electron chi connectivity index (χ0n) is 11.6. The van der Waals surface area contributed by atoms with E-state index in [1.807, 2.05) is 0 Å². The number of hydrogen-bond donors (Lipinski definition) is 2. The summed E-state index contributed by atoms with van der Waals surface area (Å²) in [5.74, 6) is 0.290. The second-order valence-electron chi connectivity index (χ2n) is 5.34. The van der Waals surface area contributed by atoms with Gasteiger partial charge in [-0.05, 0) is 36.6 Å². The molecular weight excluding hydrogens is 323 g/mol. The second-order valence-corrected chi connectivity index (χ2v) is 6.13. The summed E-state index contributed by atoms with van der Waals surface area (Å²) in [5, 5.41) is 3.60. The highest BCUT2D eigenvalue weighted by Crippen LogP contribution is 2.34. The number of hydrogen-bond acceptors (Lipinski definition) is 4. The van der Waals surface area contributed by atoms with Crippen molar-refractivity contribution in [3.8, 4) is 11.4 Å². The van der Waals surface area contributed by atoms with Crippen LogP contribution in [0.4, 0.5) is 0 Å². The Morgan fingerprint density at radius 1 is 1.27 bits per heavy atom. The first-order valence-electron chi connectivity index (χ1n) is 6.83. The average Bonchev–Trinajstić information content (AvgIpc) is 3.21. The van der Waals surface area contributed by atoms with E-state index in [2.05, 4.69) is 15.3 Å². The van der Waals surface area contributed by atoms with Crippen molar-refractivity contribution in [3.63, 3.8) is 0 Å². The molecule has 5 nitrogen and oxygen atoms in total. The van der Waals surface area contributed by atoms with Crippen molar-refractivity contribution in [2.75, 3.05) is 0 Å². The summed E-state index contributed by atoms with van der Waals surface area (Å²) in [4.78, 5) is 20.4. The van der Waals surface area contributed by atoms with Crippen molar-refractivity contribution < 1.29 is 4.79 Å². The predicted molar refractivity (Wildman–Crippen MR) is 85.5 cm³/mol. The van der Waals surface area contributed by atoms with Crippen LogP contribution >= 0.6 is 23.2 Å². The molecule has 0 spiro atoms. The lowest BCUT2D eigenvalue weighted by molar-refractivity contribution is -0.121. The maximum Gasteiger partial charge on any atom is 0.225 e. The van der Waals surface area contributed by atoms with Gasteiger partial charge in [-0.2, -0.15) is 0 Å². The number of carbonyl (C=O) groups is 1. The zero-order chi connectivity index (χ0) is 15.7. The summed E-state index contributed by atoms with van der Waals surface area (Å²) in [6.45, 7) is 0. The van der Waals surface area contributed by atoms with E-state index in [1.165, 1.54) is 0 Å². The fourth-order valence-electron chi connectivity index (χ4n) is 2.11. The molecule has 3 N–H and O–H groups in total. The monoisotopic (exact) mass is 336 g/mol. The molecule has 1 aromatic carbocycles. The molecule has 0 radical (unpaired) electrons. The SMILES string of the molecule is NC1(NC(=O)Cc2c(Cl)ccc(-c3ncccn3)c2Cl)CC1. The molecule has 0 bridgehead atoms. The Labute approximate surface area is 137 Å². The third kappa shape index (κ3) is 3.21. The minimum atomic E-state index is -0.559. The Morgan fingerprint density at radius 2 is 1.95 bits per heavy atom. The van der Waals surface area contributed by atoms with Gasteiger partial charge in [0, 0.05) is 23.0 Å². The van der Waals surface area contributed by atoms with Crippen molar-refractivity contribution >= 4 is 29.1 Å². The highest BCUT2D eigenvalue weighted by molar-refractivity contribution is 6.38. The fraction of sp³-hybridized carbons (Fsp3) is 0.267. The van der Waals surface area contributed by atoms with Crippen LogP contribution in [-0.4, -0.2) is 21.5 Å². The molecule has 1 amide bonds. The lowest BCUT2D eigenvalue weighted by Gasteiger charge is -2.14. The summed E-state index contributed by atoms with van der Waals surface area (Å²) in [7, 11) is 0. The van der Waals surface area contributed by atoms with Gasteiger partial charge >= 0.3 is 0 Å². The fourth-order valence-corrected chi connectivity index (χ4v) is 2.70. The number of carbonyl (C=O) groups excluding carboxylic acids is 1. The average molecular weight is 337 g/mol. The number of benzene rings is 1. The number of rotatable bonds is 4. The molecule has 0 aliphatic heterocycles. The quantitative estimate of drug-likeness (QED) is 0.840. The first-order chi connectivity index (χ1) is 10.5. The largest absolute Gasteiger partial charge is 0.338 e. The van der Waals surface area contributed by atoms with Crippen LogP contribution in [0.5, 0.6) is 0 Å². The van der Waals surface area contributed by atoms with Crippen LogP contribution in [0.3, 0.4) is 0 Å². The molecule has 7 heteroatoms. The Bertz CT molecular complexity index is 717. The smallest absolute Gasteiger partial charge is 0.225 e. The molecule has 0 saturated heterocycles. The van der Waals surface area contributed by atoms with Crippen molar-refractivity contribution in [1.82, 2.24) is 15.3 Å². The van der Waals surface area contributed by atoms with Crippen LogP contribution in [0.15, 0.2) is 30.6 Å². The van der Waals surface area contributed by atoms with Crippen molar-refractivity contribution in [1.29, 1.82) is 0 Å². The van der Waals surface area contributed by atoms with Gasteiger partial charge in [-0.3, -0.25) is 4.79 Å². The van der Waals surface area contributed by atoms with E-state index in [9.17, 15) is 4.79 Å². The summed E-state index contributed by atoms with van der Waals surface area (Å²) >= 11 is 12.6. The predicted octanol–water partition coefficient (Wildman–Crippen LogP) is 2.56. The van der Waals surface area contributed by atoms with Crippen LogP contribution in [-0.2, 0) is 11.2 Å². The van der Waals surface area contributed by atoms with Gasteiger partial charge in [-0.15, -0.1) is 0 Å². The highest BCUT2D eigenvalue weighted by atomic mass is 35.5. The maximum atomic E-state index is 12.1. The number of aromatic nitrogens is 2. The van der Waals surface area contributed by atoms with Gasteiger partial charge in [-0.1, -0.05) is 23.2 Å². The van der Waals surface area contributed by atoms with Crippen molar-refractivity contribution in [3.05, 3.63) is 46.2 Å². The summed E-state index contributed by atoms with van der Waals surface area (Å²) in [5.41, 5.74) is 6.51. The molecule has 1 aliphatic carbocycles. The first kappa shape index (κ1) is 15.2. The third-order valence-electron chi connectivity index (χ3n) is 3.51. The zero-order valence-corrected chi connectivity index (χ0v) is 13.2. The normalized spacial score (nSPS) is 15.4. The molecule has 114 valence electrons. The standard InChI is InChI=1S/C15H14Cl2N4O/c16-11-3-2-9(14-19-6-1-7-20-14)13(17)10(11)8-12(22)21-15(18)4-5-15/h1-3,6-7H,4-5,8,18H2,(H,21,22). The molecule has 0 atom stereocenters. The van der Waals surface area contributed by atoms with E-state index in [0.717, 1.165) is 12.8 Å². The minimum absolute atomic E-state index is 0.0668. The van der Waals surface area contributed by atoms with E-state index in [-0.39, 0.29) is 12.3 Å². The molecule has 2 aromatic rings. The van der Waals surface area contributed by atoms with Gasteiger partial charge in [0.15, 0.2) is 5.82 Å². The van der Waals surface area contributed by atoms with Crippen molar-refractivity contribution in [2.24, 2.45) is 5.73 Å². The Hall–Kier alpha value is -1.69. The lowest BCUT2D eigenvalue weighted by atomic mass is 10.1. The van der Waals surface area contributed by atoms with Crippen LogP contribution in [0, 0.1) is 0 Å². The second kappa shape index (κ2) is 5.83. The van der Waals surface area contributed by atoms with Gasteiger partial charge in [0.2, 0.25) is 5.91 Å². The van der Waals surface area contributed by atoms with E-state index in [0.29, 0.717) is 27.0 Å². The Kier molecular flexibility index (Phi) is 4.04.